The molecule has 0 aromatic carbocycles. The summed E-state index contributed by atoms with van der Waals surface area (Å²) in [5, 5.41) is 10.9. The summed E-state index contributed by atoms with van der Waals surface area (Å²) in [6.07, 6.45) is 2.25. The molecule has 2 N–H and O–H groups in total. The van der Waals surface area contributed by atoms with Gasteiger partial charge in [-0.3, -0.25) is 15.2 Å². The van der Waals surface area contributed by atoms with Gasteiger partial charge in [0, 0.05) is 11.8 Å². The lowest BCUT2D eigenvalue weighted by Gasteiger charge is -2.27. The van der Waals surface area contributed by atoms with E-state index in [1.54, 1.807) is 0 Å². The molecule has 0 bridgehead atoms. The van der Waals surface area contributed by atoms with E-state index in [1.165, 1.54) is 11.8 Å². The van der Waals surface area contributed by atoms with Crippen LogP contribution >= 0.6 is 11.8 Å². The molecular formula is C12H20N4O2S. The second-order valence-electron chi connectivity index (χ2n) is 4.96. The van der Waals surface area contributed by atoms with Crippen LogP contribution in [0.3, 0.4) is 0 Å². The van der Waals surface area contributed by atoms with Gasteiger partial charge in [-0.1, -0.05) is 11.8 Å². The molecule has 7 heteroatoms. The Hall–Kier alpha value is -1.08. The predicted molar refractivity (Wildman–Crippen MR) is 73.0 cm³/mol. The molecule has 0 spiro atoms. The molecule has 1 saturated carbocycles. The monoisotopic (exact) mass is 284 g/mol. The topological polar surface area (TPSA) is 79.9 Å². The maximum Gasteiger partial charge on any atom is 0.326 e. The number of aromatic amines is 1. The first kappa shape index (κ1) is 14.3. The molecule has 1 unspecified atom stereocenters. The predicted octanol–water partition coefficient (Wildman–Crippen LogP) is 1.28. The van der Waals surface area contributed by atoms with Crippen molar-refractivity contribution in [2.24, 2.45) is 0 Å². The number of ether oxygens (including phenoxy) is 1. The van der Waals surface area contributed by atoms with E-state index in [0.717, 1.165) is 18.7 Å². The number of nitrogens with zero attached hydrogens (tertiary/aromatic N) is 2. The summed E-state index contributed by atoms with van der Waals surface area (Å²) < 4.78 is 5.17. The fourth-order valence-electron chi connectivity index (χ4n) is 1.72. The molecule has 19 heavy (non-hydrogen) atoms. The first-order valence-electron chi connectivity index (χ1n) is 6.50. The average molecular weight is 284 g/mol. The SMILES string of the molecule is CCOC(=O)C(C)(CSc1n[nH]c(C)n1)NC1CC1. The lowest BCUT2D eigenvalue weighted by atomic mass is 10.1. The molecule has 1 fully saturated rings. The quantitative estimate of drug-likeness (QED) is 0.580. The Balaban J connectivity index is 1.97. The first-order valence-corrected chi connectivity index (χ1v) is 7.49. The zero-order valence-electron chi connectivity index (χ0n) is 11.5. The standard InChI is InChI=1S/C12H20N4O2S/c1-4-18-10(17)12(3,14-9-5-6-9)7-19-11-13-8(2)15-16-11/h9,14H,4-7H2,1-3H3,(H,13,15,16). The zero-order valence-corrected chi connectivity index (χ0v) is 12.3. The van der Waals surface area contributed by atoms with Crippen LogP contribution in [0.15, 0.2) is 5.16 Å². The van der Waals surface area contributed by atoms with E-state index in [9.17, 15) is 4.79 Å². The number of thioether (sulfide) groups is 1. The number of nitrogens with one attached hydrogen (secondary N) is 2. The molecule has 1 atom stereocenters. The molecule has 0 amide bonds. The lowest BCUT2D eigenvalue weighted by Crippen LogP contribution is -2.53. The van der Waals surface area contributed by atoms with Crippen molar-refractivity contribution < 1.29 is 9.53 Å². The van der Waals surface area contributed by atoms with E-state index < -0.39 is 5.54 Å². The average Bonchev–Trinajstić information content (AvgIpc) is 3.07. The molecule has 106 valence electrons. The summed E-state index contributed by atoms with van der Waals surface area (Å²) in [5.41, 5.74) is -0.684. The second-order valence-corrected chi connectivity index (χ2v) is 5.91. The second kappa shape index (κ2) is 5.92. The van der Waals surface area contributed by atoms with Crippen molar-refractivity contribution in [2.45, 2.75) is 50.4 Å². The molecule has 6 nitrogen and oxygen atoms in total. The Morgan fingerprint density at radius 3 is 2.89 bits per heavy atom. The van der Waals surface area contributed by atoms with Crippen LogP contribution in [0.25, 0.3) is 0 Å². The highest BCUT2D eigenvalue weighted by atomic mass is 32.2. The van der Waals surface area contributed by atoms with E-state index >= 15 is 0 Å². The van der Waals surface area contributed by atoms with Crippen molar-refractivity contribution in [3.63, 3.8) is 0 Å². The Labute approximate surface area is 117 Å². The smallest absolute Gasteiger partial charge is 0.326 e. The minimum absolute atomic E-state index is 0.207. The maximum absolute atomic E-state index is 12.1. The van der Waals surface area contributed by atoms with E-state index in [4.69, 9.17) is 4.74 Å². The van der Waals surface area contributed by atoms with E-state index in [2.05, 4.69) is 20.5 Å². The van der Waals surface area contributed by atoms with Crippen molar-refractivity contribution in [2.75, 3.05) is 12.4 Å². The molecule has 1 aliphatic rings. The molecule has 1 aliphatic carbocycles. The van der Waals surface area contributed by atoms with Crippen LogP contribution < -0.4 is 5.32 Å². The van der Waals surface area contributed by atoms with Gasteiger partial charge >= 0.3 is 5.97 Å². The third-order valence-electron chi connectivity index (χ3n) is 2.89. The fourth-order valence-corrected chi connectivity index (χ4v) is 2.65. The van der Waals surface area contributed by atoms with E-state index in [0.29, 0.717) is 23.6 Å². The van der Waals surface area contributed by atoms with Gasteiger partial charge in [0.25, 0.3) is 0 Å². The molecule has 0 saturated heterocycles. The Morgan fingerprint density at radius 1 is 1.63 bits per heavy atom. The highest BCUT2D eigenvalue weighted by Gasteiger charge is 2.40. The zero-order chi connectivity index (χ0) is 13.9. The summed E-state index contributed by atoms with van der Waals surface area (Å²) in [6.45, 7) is 5.95. The molecule has 0 radical (unpaired) electrons. The molecule has 1 aromatic rings. The van der Waals surface area contributed by atoms with Crippen molar-refractivity contribution in [3.05, 3.63) is 5.82 Å². The van der Waals surface area contributed by atoms with Crippen molar-refractivity contribution in [1.82, 2.24) is 20.5 Å². The van der Waals surface area contributed by atoms with Crippen LogP contribution in [0.1, 0.15) is 32.5 Å². The lowest BCUT2D eigenvalue weighted by molar-refractivity contribution is -0.149. The Kier molecular flexibility index (Phi) is 4.46. The Morgan fingerprint density at radius 2 is 2.37 bits per heavy atom. The van der Waals surface area contributed by atoms with Gasteiger partial charge in [0.15, 0.2) is 0 Å². The number of aryl methyl sites for hydroxylation is 1. The van der Waals surface area contributed by atoms with Crippen molar-refractivity contribution in [3.8, 4) is 0 Å². The van der Waals surface area contributed by atoms with E-state index in [1.807, 2.05) is 20.8 Å². The number of esters is 1. The maximum atomic E-state index is 12.1. The number of H-pyrrole nitrogens is 1. The molecular weight excluding hydrogens is 264 g/mol. The third-order valence-corrected chi connectivity index (χ3v) is 4.06. The highest BCUT2D eigenvalue weighted by molar-refractivity contribution is 7.99. The van der Waals surface area contributed by atoms with Gasteiger partial charge in [0.1, 0.15) is 11.4 Å². The number of hydrogen-bond acceptors (Lipinski definition) is 6. The highest BCUT2D eigenvalue weighted by Crippen LogP contribution is 2.27. The normalized spacial score (nSPS) is 18.1. The van der Waals surface area contributed by atoms with Gasteiger partial charge in [-0.25, -0.2) is 4.98 Å². The van der Waals surface area contributed by atoms with Gasteiger partial charge in [-0.15, -0.1) is 5.10 Å². The van der Waals surface area contributed by atoms with Gasteiger partial charge in [0.05, 0.1) is 6.61 Å². The van der Waals surface area contributed by atoms with Crippen LogP contribution in [0.5, 0.6) is 0 Å². The van der Waals surface area contributed by atoms with Crippen LogP contribution in [0, 0.1) is 6.92 Å². The molecule has 1 aromatic heterocycles. The Bertz CT molecular complexity index is 447. The van der Waals surface area contributed by atoms with Crippen molar-refractivity contribution in [1.29, 1.82) is 0 Å². The van der Waals surface area contributed by atoms with Gasteiger partial charge < -0.3 is 4.74 Å². The van der Waals surface area contributed by atoms with Crippen molar-refractivity contribution >= 4 is 17.7 Å². The fraction of sp³-hybridized carbons (Fsp3) is 0.750. The molecule has 1 heterocycles. The number of rotatable bonds is 7. The van der Waals surface area contributed by atoms with Gasteiger partial charge in [-0.2, -0.15) is 0 Å². The minimum Gasteiger partial charge on any atom is -0.465 e. The largest absolute Gasteiger partial charge is 0.465 e. The number of carbonyl (C=O) groups is 1. The summed E-state index contributed by atoms with van der Waals surface area (Å²) in [4.78, 5) is 16.3. The minimum atomic E-state index is -0.684. The van der Waals surface area contributed by atoms with Gasteiger partial charge in [0.2, 0.25) is 5.16 Å². The number of carbonyl (C=O) groups excluding carboxylic acids is 1. The summed E-state index contributed by atoms with van der Waals surface area (Å²) in [7, 11) is 0. The first-order chi connectivity index (χ1) is 9.03. The van der Waals surface area contributed by atoms with Crippen LogP contribution in [-0.4, -0.2) is 45.1 Å². The summed E-state index contributed by atoms with van der Waals surface area (Å²) in [6, 6.07) is 0.434. The van der Waals surface area contributed by atoms with E-state index in [-0.39, 0.29) is 5.97 Å². The molecule has 0 aliphatic heterocycles. The van der Waals surface area contributed by atoms with Crippen LogP contribution in [-0.2, 0) is 9.53 Å². The molecule has 2 rings (SSSR count). The number of hydrogen-bond donors (Lipinski definition) is 2. The summed E-state index contributed by atoms with van der Waals surface area (Å²) in [5.74, 6) is 1.12. The van der Waals surface area contributed by atoms with Gasteiger partial charge in [-0.05, 0) is 33.6 Å². The third kappa shape index (κ3) is 3.94. The number of aromatic nitrogens is 3. The summed E-state index contributed by atoms with van der Waals surface area (Å²) >= 11 is 1.46. The van der Waals surface area contributed by atoms with Crippen LogP contribution in [0.2, 0.25) is 0 Å². The van der Waals surface area contributed by atoms with Crippen LogP contribution in [0.4, 0.5) is 0 Å².